The van der Waals surface area contributed by atoms with Crippen LogP contribution in [0.25, 0.3) is 0 Å². The lowest BCUT2D eigenvalue weighted by Gasteiger charge is -2.40. The van der Waals surface area contributed by atoms with Gasteiger partial charge in [0.2, 0.25) is 0 Å². The van der Waals surface area contributed by atoms with Crippen LogP contribution in [0.3, 0.4) is 0 Å². The van der Waals surface area contributed by atoms with Gasteiger partial charge in [0.15, 0.2) is 0 Å². The maximum Gasteiger partial charge on any atom is 0.111 e. The van der Waals surface area contributed by atoms with Gasteiger partial charge < -0.3 is 9.84 Å². The maximum atomic E-state index is 9.86. The zero-order valence-electron chi connectivity index (χ0n) is 12.6. The Hall–Kier alpha value is 0.400. The third-order valence-electron chi connectivity index (χ3n) is 5.79. The molecule has 0 bridgehead atoms. The normalized spacial score (nSPS) is 43.1. The Kier molecular flexibility index (Phi) is 5.35. The average Bonchev–Trinajstić information content (AvgIpc) is 2.58. The topological polar surface area (TPSA) is 29.5 Å². The van der Waals surface area contributed by atoms with E-state index in [0.717, 1.165) is 18.9 Å². The summed E-state index contributed by atoms with van der Waals surface area (Å²) in [6, 6.07) is 0. The minimum absolute atomic E-state index is 0.0815. The number of halogens is 1. The fourth-order valence-electron chi connectivity index (χ4n) is 4.01. The molecule has 19 heavy (non-hydrogen) atoms. The molecule has 1 aliphatic heterocycles. The lowest BCUT2D eigenvalue weighted by molar-refractivity contribution is -0.0627. The first-order valence-corrected chi connectivity index (χ1v) is 8.84. The second kappa shape index (κ2) is 6.44. The molecule has 0 aromatic heterocycles. The Morgan fingerprint density at radius 1 is 1.37 bits per heavy atom. The fraction of sp³-hybridized carbons (Fsp3) is 1.00. The van der Waals surface area contributed by atoms with Crippen molar-refractivity contribution in [1.82, 2.24) is 0 Å². The van der Waals surface area contributed by atoms with E-state index in [4.69, 9.17) is 4.74 Å². The summed E-state index contributed by atoms with van der Waals surface area (Å²) < 4.78 is 6.27. The smallest absolute Gasteiger partial charge is 0.111 e. The molecule has 112 valence electrons. The summed E-state index contributed by atoms with van der Waals surface area (Å²) in [4.78, 5) is 0. The first-order chi connectivity index (χ1) is 8.97. The van der Waals surface area contributed by atoms with E-state index in [2.05, 4.69) is 36.7 Å². The molecule has 2 rings (SSSR count). The molecule has 2 aliphatic rings. The second-order valence-corrected chi connectivity index (χ2v) is 7.84. The predicted molar refractivity (Wildman–Crippen MR) is 82.3 cm³/mol. The molecule has 1 N–H and O–H groups in total. The highest BCUT2D eigenvalue weighted by Gasteiger charge is 2.41. The van der Waals surface area contributed by atoms with Crippen molar-refractivity contribution in [3.8, 4) is 0 Å². The van der Waals surface area contributed by atoms with Crippen molar-refractivity contribution < 1.29 is 9.84 Å². The summed E-state index contributed by atoms with van der Waals surface area (Å²) in [5, 5.41) is 9.48. The van der Waals surface area contributed by atoms with Crippen LogP contribution in [0.1, 0.15) is 59.3 Å². The molecule has 6 unspecified atom stereocenters. The summed E-state index contributed by atoms with van der Waals surface area (Å²) in [7, 11) is 0. The number of aliphatic hydroxyl groups excluding tert-OH is 1. The van der Waals surface area contributed by atoms with Gasteiger partial charge in [-0.15, -0.1) is 0 Å². The van der Waals surface area contributed by atoms with E-state index < -0.39 is 0 Å². The molecule has 1 saturated heterocycles. The first kappa shape index (κ1) is 15.8. The van der Waals surface area contributed by atoms with Gasteiger partial charge in [-0.3, -0.25) is 0 Å². The molecule has 1 heterocycles. The highest BCUT2D eigenvalue weighted by atomic mass is 79.9. The molecule has 6 atom stereocenters. The number of hydrogen-bond donors (Lipinski definition) is 1. The largest absolute Gasteiger partial charge is 0.382 e. The Morgan fingerprint density at radius 3 is 2.74 bits per heavy atom. The van der Waals surface area contributed by atoms with E-state index >= 15 is 0 Å². The molecule has 0 radical (unpaired) electrons. The van der Waals surface area contributed by atoms with Gasteiger partial charge in [-0.25, -0.2) is 0 Å². The lowest BCUT2D eigenvalue weighted by atomic mass is 9.67. The van der Waals surface area contributed by atoms with Crippen LogP contribution in [0.15, 0.2) is 0 Å². The lowest BCUT2D eigenvalue weighted by Crippen LogP contribution is -2.37. The quantitative estimate of drug-likeness (QED) is 0.778. The number of fused-ring (bicyclic) bond motifs is 1. The standard InChI is InChI=1S/C16H29BrO2/c1-4-16(3)9-8-12-6-5-7-13(11(2)15(17)18)14(12)10-19-16/h11-15,18H,4-10H2,1-3H3. The van der Waals surface area contributed by atoms with Crippen molar-refractivity contribution in [2.24, 2.45) is 23.7 Å². The molecule has 2 fully saturated rings. The van der Waals surface area contributed by atoms with Crippen molar-refractivity contribution in [3.05, 3.63) is 0 Å². The van der Waals surface area contributed by atoms with Gasteiger partial charge >= 0.3 is 0 Å². The third-order valence-corrected chi connectivity index (χ3v) is 6.63. The molecule has 0 spiro atoms. The van der Waals surface area contributed by atoms with Crippen LogP contribution < -0.4 is 0 Å². The van der Waals surface area contributed by atoms with Crippen molar-refractivity contribution in [3.63, 3.8) is 0 Å². The SMILES string of the molecule is CCC1(C)CCC2CCCC(C(C)C(O)Br)C2CO1. The molecule has 0 aromatic rings. The number of ether oxygens (including phenoxy) is 1. The van der Waals surface area contributed by atoms with E-state index in [1.807, 2.05) is 0 Å². The van der Waals surface area contributed by atoms with Crippen LogP contribution in [0.5, 0.6) is 0 Å². The highest BCUT2D eigenvalue weighted by Crippen LogP contribution is 2.46. The van der Waals surface area contributed by atoms with Gasteiger partial charge in [0.1, 0.15) is 5.01 Å². The van der Waals surface area contributed by atoms with E-state index in [-0.39, 0.29) is 10.6 Å². The van der Waals surface area contributed by atoms with Crippen molar-refractivity contribution in [2.75, 3.05) is 6.61 Å². The van der Waals surface area contributed by atoms with Gasteiger partial charge in [-0.1, -0.05) is 42.6 Å². The number of aliphatic hydroxyl groups is 1. The molecule has 1 aliphatic carbocycles. The number of rotatable bonds is 3. The van der Waals surface area contributed by atoms with Crippen molar-refractivity contribution in [2.45, 2.75) is 69.9 Å². The Balaban J connectivity index is 2.09. The van der Waals surface area contributed by atoms with Gasteiger partial charge in [0.05, 0.1) is 12.2 Å². The van der Waals surface area contributed by atoms with Crippen LogP contribution in [0.2, 0.25) is 0 Å². The van der Waals surface area contributed by atoms with Gasteiger partial charge in [-0.2, -0.15) is 0 Å². The first-order valence-electron chi connectivity index (χ1n) is 7.93. The van der Waals surface area contributed by atoms with Gasteiger partial charge in [-0.05, 0) is 56.3 Å². The summed E-state index contributed by atoms with van der Waals surface area (Å²) in [5.74, 6) is 2.37. The van der Waals surface area contributed by atoms with Crippen molar-refractivity contribution in [1.29, 1.82) is 0 Å². The molecular formula is C16H29BrO2. The minimum atomic E-state index is -0.378. The zero-order chi connectivity index (χ0) is 14.0. The minimum Gasteiger partial charge on any atom is -0.382 e. The summed E-state index contributed by atoms with van der Waals surface area (Å²) >= 11 is 3.36. The van der Waals surface area contributed by atoms with Crippen LogP contribution >= 0.6 is 15.9 Å². The molecule has 2 nitrogen and oxygen atoms in total. The molecule has 0 amide bonds. The molecule has 0 aromatic carbocycles. The summed E-state index contributed by atoms with van der Waals surface area (Å²) in [6.45, 7) is 7.57. The Labute approximate surface area is 126 Å². The zero-order valence-corrected chi connectivity index (χ0v) is 14.2. The molecule has 1 saturated carbocycles. The van der Waals surface area contributed by atoms with E-state index in [0.29, 0.717) is 17.8 Å². The molecular weight excluding hydrogens is 304 g/mol. The Morgan fingerprint density at radius 2 is 2.11 bits per heavy atom. The monoisotopic (exact) mass is 332 g/mol. The van der Waals surface area contributed by atoms with Gasteiger partial charge in [0.25, 0.3) is 0 Å². The van der Waals surface area contributed by atoms with Crippen molar-refractivity contribution >= 4 is 15.9 Å². The van der Waals surface area contributed by atoms with E-state index in [1.165, 1.54) is 32.1 Å². The van der Waals surface area contributed by atoms with Gasteiger partial charge in [0, 0.05) is 0 Å². The molecule has 3 heteroatoms. The van der Waals surface area contributed by atoms with Crippen LogP contribution in [-0.2, 0) is 4.74 Å². The summed E-state index contributed by atoms with van der Waals surface area (Å²) in [6.07, 6.45) is 7.53. The predicted octanol–water partition coefficient (Wildman–Crippen LogP) is 4.35. The average molecular weight is 333 g/mol. The Bertz CT molecular complexity index is 294. The highest BCUT2D eigenvalue weighted by molar-refractivity contribution is 9.09. The number of hydrogen-bond acceptors (Lipinski definition) is 2. The summed E-state index contributed by atoms with van der Waals surface area (Å²) in [5.41, 5.74) is 0.0815. The third kappa shape index (κ3) is 3.54. The van der Waals surface area contributed by atoms with Crippen LogP contribution in [0, 0.1) is 23.7 Å². The second-order valence-electron chi connectivity index (χ2n) is 6.90. The van der Waals surface area contributed by atoms with E-state index in [9.17, 15) is 5.11 Å². The van der Waals surface area contributed by atoms with Crippen LogP contribution in [0.4, 0.5) is 0 Å². The maximum absolute atomic E-state index is 9.86. The number of alkyl halides is 1. The van der Waals surface area contributed by atoms with E-state index in [1.54, 1.807) is 0 Å². The van der Waals surface area contributed by atoms with Crippen LogP contribution in [-0.4, -0.2) is 22.3 Å². The fourth-order valence-corrected chi connectivity index (χ4v) is 4.40.